The molecule has 29 heavy (non-hydrogen) atoms. The van der Waals surface area contributed by atoms with Gasteiger partial charge >= 0.3 is 0 Å². The second-order valence-corrected chi connectivity index (χ2v) is 7.69. The molecular formula is C22H37FN4O2. The van der Waals surface area contributed by atoms with Gasteiger partial charge in [-0.05, 0) is 37.0 Å². The van der Waals surface area contributed by atoms with Crippen molar-refractivity contribution >= 4 is 5.96 Å². The molecule has 0 amide bonds. The summed E-state index contributed by atoms with van der Waals surface area (Å²) in [6, 6.07) is 6.87. The molecule has 1 heterocycles. The number of ether oxygens (including phenoxy) is 2. The van der Waals surface area contributed by atoms with Gasteiger partial charge in [-0.1, -0.05) is 26.0 Å². The molecule has 0 spiro atoms. The SMILES string of the molecule is CCNC(=NCC(c1cccc(F)c1)N1CCOCC1)NCCCOCC(C)C. The van der Waals surface area contributed by atoms with Gasteiger partial charge in [-0.2, -0.15) is 0 Å². The van der Waals surface area contributed by atoms with E-state index in [-0.39, 0.29) is 11.9 Å². The smallest absolute Gasteiger partial charge is 0.191 e. The van der Waals surface area contributed by atoms with E-state index in [4.69, 9.17) is 14.5 Å². The zero-order chi connectivity index (χ0) is 20.9. The van der Waals surface area contributed by atoms with E-state index < -0.39 is 0 Å². The Morgan fingerprint density at radius 1 is 1.28 bits per heavy atom. The molecule has 1 aromatic rings. The Kier molecular flexibility index (Phi) is 11.0. The molecule has 1 fully saturated rings. The third-order valence-electron chi connectivity index (χ3n) is 4.70. The molecule has 0 saturated carbocycles. The topological polar surface area (TPSA) is 58.1 Å². The zero-order valence-corrected chi connectivity index (χ0v) is 18.1. The van der Waals surface area contributed by atoms with Crippen LogP contribution in [-0.4, -0.2) is 70.0 Å². The molecule has 164 valence electrons. The van der Waals surface area contributed by atoms with Gasteiger partial charge < -0.3 is 20.1 Å². The van der Waals surface area contributed by atoms with Crippen molar-refractivity contribution in [3.63, 3.8) is 0 Å². The van der Waals surface area contributed by atoms with Crippen molar-refractivity contribution < 1.29 is 13.9 Å². The summed E-state index contributed by atoms with van der Waals surface area (Å²) in [7, 11) is 0. The van der Waals surface area contributed by atoms with Gasteiger partial charge in [0, 0.05) is 39.4 Å². The van der Waals surface area contributed by atoms with E-state index in [2.05, 4.69) is 36.3 Å². The normalized spacial score (nSPS) is 16.8. The van der Waals surface area contributed by atoms with Crippen LogP contribution in [0.3, 0.4) is 0 Å². The van der Waals surface area contributed by atoms with Crippen LogP contribution >= 0.6 is 0 Å². The van der Waals surface area contributed by atoms with Gasteiger partial charge in [0.05, 0.1) is 25.8 Å². The molecule has 0 aliphatic carbocycles. The van der Waals surface area contributed by atoms with Gasteiger partial charge in [-0.3, -0.25) is 9.89 Å². The van der Waals surface area contributed by atoms with Crippen LogP contribution in [0.5, 0.6) is 0 Å². The van der Waals surface area contributed by atoms with Gasteiger partial charge in [0.15, 0.2) is 5.96 Å². The first-order chi connectivity index (χ1) is 14.1. The first-order valence-electron chi connectivity index (χ1n) is 10.8. The van der Waals surface area contributed by atoms with Crippen LogP contribution in [0.25, 0.3) is 0 Å². The van der Waals surface area contributed by atoms with Crippen molar-refractivity contribution in [2.45, 2.75) is 33.2 Å². The molecule has 1 aliphatic rings. The third kappa shape index (κ3) is 9.10. The molecule has 1 saturated heterocycles. The van der Waals surface area contributed by atoms with E-state index in [1.807, 2.05) is 6.07 Å². The van der Waals surface area contributed by atoms with E-state index in [0.29, 0.717) is 25.7 Å². The summed E-state index contributed by atoms with van der Waals surface area (Å²) in [5, 5.41) is 6.67. The molecule has 1 aromatic carbocycles. The lowest BCUT2D eigenvalue weighted by Gasteiger charge is -2.34. The summed E-state index contributed by atoms with van der Waals surface area (Å²) in [5.74, 6) is 1.13. The Morgan fingerprint density at radius 3 is 2.76 bits per heavy atom. The highest BCUT2D eigenvalue weighted by Gasteiger charge is 2.23. The highest BCUT2D eigenvalue weighted by atomic mass is 19.1. The van der Waals surface area contributed by atoms with Crippen LogP contribution in [0, 0.1) is 11.7 Å². The van der Waals surface area contributed by atoms with Crippen molar-refractivity contribution in [1.82, 2.24) is 15.5 Å². The number of benzene rings is 1. The number of hydrogen-bond donors (Lipinski definition) is 2. The van der Waals surface area contributed by atoms with Crippen LogP contribution in [0.15, 0.2) is 29.3 Å². The highest BCUT2D eigenvalue weighted by Crippen LogP contribution is 2.23. The molecule has 2 rings (SSSR count). The van der Waals surface area contributed by atoms with Crippen LogP contribution < -0.4 is 10.6 Å². The average Bonchev–Trinajstić information content (AvgIpc) is 2.71. The maximum Gasteiger partial charge on any atom is 0.191 e. The number of rotatable bonds is 11. The highest BCUT2D eigenvalue weighted by molar-refractivity contribution is 5.79. The fourth-order valence-corrected chi connectivity index (χ4v) is 3.25. The van der Waals surface area contributed by atoms with E-state index in [1.165, 1.54) is 6.07 Å². The van der Waals surface area contributed by atoms with Gasteiger partial charge in [0.1, 0.15) is 5.82 Å². The van der Waals surface area contributed by atoms with E-state index in [9.17, 15) is 4.39 Å². The molecule has 0 radical (unpaired) electrons. The molecule has 6 nitrogen and oxygen atoms in total. The Balaban J connectivity index is 1.95. The number of aliphatic imine (C=N–C) groups is 1. The van der Waals surface area contributed by atoms with Crippen LogP contribution in [0.4, 0.5) is 4.39 Å². The van der Waals surface area contributed by atoms with Gasteiger partial charge in [-0.15, -0.1) is 0 Å². The monoisotopic (exact) mass is 408 g/mol. The summed E-state index contributed by atoms with van der Waals surface area (Å²) in [6.45, 7) is 13.1. The van der Waals surface area contributed by atoms with Crippen LogP contribution in [0.2, 0.25) is 0 Å². The van der Waals surface area contributed by atoms with E-state index in [1.54, 1.807) is 12.1 Å². The minimum absolute atomic E-state index is 0.0273. The van der Waals surface area contributed by atoms with Crippen molar-refractivity contribution in [2.75, 3.05) is 59.2 Å². The van der Waals surface area contributed by atoms with Crippen LogP contribution in [-0.2, 0) is 9.47 Å². The quantitative estimate of drug-likeness (QED) is 0.335. The number of guanidine groups is 1. The van der Waals surface area contributed by atoms with Gasteiger partial charge in [0.2, 0.25) is 0 Å². The molecular weight excluding hydrogens is 371 g/mol. The third-order valence-corrected chi connectivity index (χ3v) is 4.70. The average molecular weight is 409 g/mol. The Bertz CT molecular complexity index is 606. The minimum atomic E-state index is -0.212. The second-order valence-electron chi connectivity index (χ2n) is 7.69. The fourth-order valence-electron chi connectivity index (χ4n) is 3.25. The molecule has 0 bridgehead atoms. The van der Waals surface area contributed by atoms with Crippen molar-refractivity contribution in [3.05, 3.63) is 35.6 Å². The largest absolute Gasteiger partial charge is 0.381 e. The molecule has 1 atom stereocenters. The number of nitrogens with zero attached hydrogens (tertiary/aromatic N) is 2. The summed E-state index contributed by atoms with van der Waals surface area (Å²) in [5.41, 5.74) is 0.952. The van der Waals surface area contributed by atoms with E-state index >= 15 is 0 Å². The molecule has 1 aliphatic heterocycles. The Hall–Kier alpha value is -1.70. The molecule has 0 aromatic heterocycles. The lowest BCUT2D eigenvalue weighted by molar-refractivity contribution is 0.0179. The number of halogens is 1. The second kappa shape index (κ2) is 13.5. The zero-order valence-electron chi connectivity index (χ0n) is 18.1. The van der Waals surface area contributed by atoms with Gasteiger partial charge in [-0.25, -0.2) is 4.39 Å². The Morgan fingerprint density at radius 2 is 2.07 bits per heavy atom. The summed E-state index contributed by atoms with van der Waals surface area (Å²) < 4.78 is 24.9. The minimum Gasteiger partial charge on any atom is -0.381 e. The summed E-state index contributed by atoms with van der Waals surface area (Å²) >= 11 is 0. The van der Waals surface area contributed by atoms with Crippen LogP contribution in [0.1, 0.15) is 38.8 Å². The maximum atomic E-state index is 13.8. The number of nitrogens with one attached hydrogen (secondary N) is 2. The lowest BCUT2D eigenvalue weighted by atomic mass is 10.0. The summed E-state index contributed by atoms with van der Waals surface area (Å²) in [4.78, 5) is 7.11. The molecule has 7 heteroatoms. The van der Waals surface area contributed by atoms with Crippen molar-refractivity contribution in [3.8, 4) is 0 Å². The van der Waals surface area contributed by atoms with E-state index in [0.717, 1.165) is 57.3 Å². The summed E-state index contributed by atoms with van der Waals surface area (Å²) in [6.07, 6.45) is 0.925. The van der Waals surface area contributed by atoms with Gasteiger partial charge in [0.25, 0.3) is 0 Å². The number of morpholine rings is 1. The fraction of sp³-hybridized carbons (Fsp3) is 0.682. The predicted molar refractivity (Wildman–Crippen MR) is 116 cm³/mol. The van der Waals surface area contributed by atoms with Crippen molar-refractivity contribution in [1.29, 1.82) is 0 Å². The molecule has 2 N–H and O–H groups in total. The molecule has 1 unspecified atom stereocenters. The first kappa shape index (κ1) is 23.6. The standard InChI is InChI=1S/C22H37FN4O2/c1-4-24-22(25-9-6-12-29-17-18(2)3)26-16-21(27-10-13-28-14-11-27)19-7-5-8-20(23)15-19/h5,7-8,15,18,21H,4,6,9-14,16-17H2,1-3H3,(H2,24,25,26). The van der Waals surface area contributed by atoms with Crippen molar-refractivity contribution in [2.24, 2.45) is 10.9 Å². The number of hydrogen-bond acceptors (Lipinski definition) is 4. The predicted octanol–water partition coefficient (Wildman–Crippen LogP) is 2.82. The lowest BCUT2D eigenvalue weighted by Crippen LogP contribution is -2.42. The Labute approximate surface area is 174 Å². The first-order valence-corrected chi connectivity index (χ1v) is 10.8. The maximum absolute atomic E-state index is 13.8.